The molecule has 1 aliphatic heterocycles. The lowest BCUT2D eigenvalue weighted by atomic mass is 9.75. The molecule has 0 bridgehead atoms. The van der Waals surface area contributed by atoms with E-state index in [2.05, 4.69) is 10.6 Å². The van der Waals surface area contributed by atoms with Crippen LogP contribution >= 0.6 is 0 Å². The fourth-order valence-corrected chi connectivity index (χ4v) is 3.77. The van der Waals surface area contributed by atoms with Crippen LogP contribution in [-0.4, -0.2) is 73.8 Å². The number of nitrogens with zero attached hydrogens (tertiary/aromatic N) is 2. The third kappa shape index (κ3) is 5.51. The molecular weight excluding hydrogens is 320 g/mol. The molecule has 0 aromatic carbocycles. The van der Waals surface area contributed by atoms with Gasteiger partial charge in [0.05, 0.1) is 5.92 Å². The number of Topliss-reactive ketones (excluding diaryl/α,β-unsaturated/α-hetero) is 1. The van der Waals surface area contributed by atoms with E-state index >= 15 is 0 Å². The average Bonchev–Trinajstić information content (AvgIpc) is 2.57. The van der Waals surface area contributed by atoms with E-state index in [4.69, 9.17) is 0 Å². The minimum Gasteiger partial charge on any atom is -0.336 e. The van der Waals surface area contributed by atoms with Gasteiger partial charge in [-0.2, -0.15) is 0 Å². The number of fused-ring (bicyclic) bond motifs is 1. The van der Waals surface area contributed by atoms with Crippen LogP contribution in [0.15, 0.2) is 0 Å². The van der Waals surface area contributed by atoms with Crippen molar-refractivity contribution in [1.29, 1.82) is 0 Å². The highest BCUT2D eigenvalue weighted by molar-refractivity contribution is 5.95. The quantitative estimate of drug-likeness (QED) is 0.740. The maximum Gasteiger partial charge on any atom is 0.324 e. The maximum atomic E-state index is 12.9. The van der Waals surface area contributed by atoms with Gasteiger partial charge in [0.2, 0.25) is 5.91 Å². The Morgan fingerprint density at radius 1 is 1.28 bits per heavy atom. The van der Waals surface area contributed by atoms with E-state index in [1.807, 2.05) is 25.9 Å². The number of ketones is 1. The molecule has 7 nitrogen and oxygen atoms in total. The van der Waals surface area contributed by atoms with Crippen molar-refractivity contribution in [2.45, 2.75) is 45.1 Å². The molecular formula is C18H32N4O3. The van der Waals surface area contributed by atoms with E-state index in [-0.39, 0.29) is 23.8 Å². The van der Waals surface area contributed by atoms with Crippen molar-refractivity contribution in [2.75, 3.05) is 40.3 Å². The van der Waals surface area contributed by atoms with Gasteiger partial charge in [-0.3, -0.25) is 14.5 Å². The number of urea groups is 1. The van der Waals surface area contributed by atoms with E-state index < -0.39 is 0 Å². The number of imide groups is 1. The third-order valence-corrected chi connectivity index (χ3v) is 5.15. The summed E-state index contributed by atoms with van der Waals surface area (Å²) < 4.78 is 0. The minimum absolute atomic E-state index is 0.117. The molecule has 25 heavy (non-hydrogen) atoms. The summed E-state index contributed by atoms with van der Waals surface area (Å²) in [5.74, 6) is 0.179. The monoisotopic (exact) mass is 352 g/mol. The molecule has 3 amide bonds. The molecule has 2 aliphatic rings. The summed E-state index contributed by atoms with van der Waals surface area (Å²) in [4.78, 5) is 40.4. The van der Waals surface area contributed by atoms with E-state index in [0.29, 0.717) is 50.7 Å². The number of hydrogen-bond donors (Lipinski definition) is 2. The molecule has 0 spiro atoms. The predicted octanol–water partition coefficient (Wildman–Crippen LogP) is 0.844. The molecule has 1 aliphatic carbocycles. The van der Waals surface area contributed by atoms with Gasteiger partial charge in [-0.15, -0.1) is 0 Å². The molecule has 1 saturated carbocycles. The number of likely N-dealkylation sites (N-methyl/N-ethyl adjacent to an activating group) is 1. The Morgan fingerprint density at radius 3 is 2.72 bits per heavy atom. The molecule has 3 atom stereocenters. The number of piperidine rings is 1. The Bertz CT molecular complexity index is 495. The predicted molar refractivity (Wildman–Crippen MR) is 96.2 cm³/mol. The van der Waals surface area contributed by atoms with E-state index in [1.54, 1.807) is 0 Å². The van der Waals surface area contributed by atoms with Gasteiger partial charge in [-0.05, 0) is 39.3 Å². The summed E-state index contributed by atoms with van der Waals surface area (Å²) in [5, 5.41) is 6.26. The molecule has 1 heterocycles. The van der Waals surface area contributed by atoms with Crippen LogP contribution in [0.5, 0.6) is 0 Å². The summed E-state index contributed by atoms with van der Waals surface area (Å²) in [6, 6.07) is 0.0332. The normalized spacial score (nSPS) is 26.2. The van der Waals surface area contributed by atoms with Gasteiger partial charge in [0.1, 0.15) is 5.78 Å². The molecule has 1 saturated heterocycles. The topological polar surface area (TPSA) is 81.8 Å². The van der Waals surface area contributed by atoms with E-state index in [0.717, 1.165) is 19.4 Å². The Hall–Kier alpha value is -1.47. The second kappa shape index (κ2) is 9.29. The highest BCUT2D eigenvalue weighted by atomic mass is 16.2. The molecule has 2 fully saturated rings. The van der Waals surface area contributed by atoms with Crippen LogP contribution in [-0.2, 0) is 9.59 Å². The number of nitrogens with one attached hydrogen (secondary N) is 2. The van der Waals surface area contributed by atoms with Crippen LogP contribution in [0.2, 0.25) is 0 Å². The summed E-state index contributed by atoms with van der Waals surface area (Å²) in [6.45, 7) is 4.23. The van der Waals surface area contributed by atoms with Gasteiger partial charge in [0, 0.05) is 45.1 Å². The van der Waals surface area contributed by atoms with Crippen molar-refractivity contribution in [2.24, 2.45) is 11.8 Å². The number of hydrogen-bond acceptors (Lipinski definition) is 5. The van der Waals surface area contributed by atoms with Gasteiger partial charge in [0.15, 0.2) is 0 Å². The Balaban J connectivity index is 1.94. The van der Waals surface area contributed by atoms with E-state index in [1.165, 1.54) is 4.90 Å². The van der Waals surface area contributed by atoms with Crippen molar-refractivity contribution in [1.82, 2.24) is 20.4 Å². The fourth-order valence-electron chi connectivity index (χ4n) is 3.77. The number of rotatable bonds is 6. The first kappa shape index (κ1) is 19.8. The van der Waals surface area contributed by atoms with Crippen LogP contribution < -0.4 is 10.6 Å². The summed E-state index contributed by atoms with van der Waals surface area (Å²) in [6.07, 6.45) is 3.51. The number of carbonyl (C=O) groups is 3. The zero-order valence-electron chi connectivity index (χ0n) is 15.7. The van der Waals surface area contributed by atoms with Gasteiger partial charge in [0.25, 0.3) is 0 Å². The van der Waals surface area contributed by atoms with Crippen LogP contribution in [0.3, 0.4) is 0 Å². The molecule has 142 valence electrons. The molecule has 3 unspecified atom stereocenters. The van der Waals surface area contributed by atoms with Crippen molar-refractivity contribution < 1.29 is 14.4 Å². The molecule has 7 heteroatoms. The molecule has 0 aromatic rings. The van der Waals surface area contributed by atoms with Crippen molar-refractivity contribution in [3.63, 3.8) is 0 Å². The van der Waals surface area contributed by atoms with Gasteiger partial charge in [-0.1, -0.05) is 6.92 Å². The smallest absolute Gasteiger partial charge is 0.324 e. The zero-order valence-corrected chi connectivity index (χ0v) is 15.7. The average molecular weight is 352 g/mol. The second-order valence-corrected chi connectivity index (χ2v) is 7.51. The second-order valence-electron chi connectivity index (χ2n) is 7.51. The van der Waals surface area contributed by atoms with Crippen molar-refractivity contribution >= 4 is 17.7 Å². The van der Waals surface area contributed by atoms with Gasteiger partial charge >= 0.3 is 6.03 Å². The van der Waals surface area contributed by atoms with Crippen LogP contribution in [0.1, 0.15) is 39.0 Å². The highest BCUT2D eigenvalue weighted by Crippen LogP contribution is 2.32. The van der Waals surface area contributed by atoms with Gasteiger partial charge < -0.3 is 15.5 Å². The van der Waals surface area contributed by atoms with Crippen molar-refractivity contribution in [3.8, 4) is 0 Å². The molecule has 0 aromatic heterocycles. The summed E-state index contributed by atoms with van der Waals surface area (Å²) >= 11 is 0. The summed E-state index contributed by atoms with van der Waals surface area (Å²) in [5.41, 5.74) is 0. The number of carbonyl (C=O) groups excluding carboxylic acids is 3. The lowest BCUT2D eigenvalue weighted by Gasteiger charge is -2.40. The lowest BCUT2D eigenvalue weighted by Crippen LogP contribution is -2.55. The summed E-state index contributed by atoms with van der Waals surface area (Å²) in [7, 11) is 3.88. The highest BCUT2D eigenvalue weighted by Gasteiger charge is 2.39. The van der Waals surface area contributed by atoms with E-state index in [9.17, 15) is 14.4 Å². The first-order valence-corrected chi connectivity index (χ1v) is 9.41. The first-order chi connectivity index (χ1) is 11.9. The Morgan fingerprint density at radius 2 is 2.04 bits per heavy atom. The maximum absolute atomic E-state index is 12.9. The zero-order chi connectivity index (χ0) is 18.4. The van der Waals surface area contributed by atoms with Gasteiger partial charge in [-0.25, -0.2) is 4.79 Å². The van der Waals surface area contributed by atoms with Crippen LogP contribution in [0, 0.1) is 11.8 Å². The SMILES string of the molecule is CCCN(C(=O)NCCN(C)C)C(=O)C1CNC2CCC(=O)CC2C1. The largest absolute Gasteiger partial charge is 0.336 e. The Kier molecular flexibility index (Phi) is 7.38. The Labute approximate surface area is 150 Å². The third-order valence-electron chi connectivity index (χ3n) is 5.15. The van der Waals surface area contributed by atoms with Crippen LogP contribution in [0.4, 0.5) is 4.79 Å². The standard InChI is InChI=1S/C18H32N4O3/c1-4-8-22(18(25)19-7-9-21(2)3)17(24)14-10-13-11-15(23)5-6-16(13)20-12-14/h13-14,16,20H,4-12H2,1-3H3,(H,19,25). The molecule has 0 radical (unpaired) electrons. The first-order valence-electron chi connectivity index (χ1n) is 9.41. The molecule has 2 rings (SSSR count). The molecule has 2 N–H and O–H groups in total. The minimum atomic E-state index is -0.310. The lowest BCUT2D eigenvalue weighted by molar-refractivity contribution is -0.135. The van der Waals surface area contributed by atoms with Crippen LogP contribution in [0.25, 0.3) is 0 Å². The fraction of sp³-hybridized carbons (Fsp3) is 0.833. The van der Waals surface area contributed by atoms with Crippen molar-refractivity contribution in [3.05, 3.63) is 0 Å². The number of amides is 3.